The maximum atomic E-state index is 11.5. The number of benzene rings is 1. The molecule has 1 rings (SSSR count). The molecule has 0 aliphatic carbocycles. The summed E-state index contributed by atoms with van der Waals surface area (Å²) in [5, 5.41) is 0.584. The van der Waals surface area contributed by atoms with E-state index in [4.69, 9.17) is 23.2 Å². The molecule has 1 N–H and O–H groups in total. The van der Waals surface area contributed by atoms with Gasteiger partial charge in [-0.3, -0.25) is 0 Å². The fourth-order valence-corrected chi connectivity index (χ4v) is 3.08. The Labute approximate surface area is 106 Å². The minimum Gasteiger partial charge on any atom is -0.212 e. The molecule has 0 heterocycles. The molecule has 0 radical (unpaired) electrons. The second-order valence-corrected chi connectivity index (χ2v) is 6.09. The van der Waals surface area contributed by atoms with E-state index < -0.39 is 10.0 Å². The van der Waals surface area contributed by atoms with E-state index in [9.17, 15) is 8.42 Å². The lowest BCUT2D eigenvalue weighted by Gasteiger charge is -2.14. The lowest BCUT2D eigenvalue weighted by atomic mass is 10.1. The van der Waals surface area contributed by atoms with Crippen LogP contribution in [-0.4, -0.2) is 20.1 Å². The van der Waals surface area contributed by atoms with E-state index >= 15 is 0 Å². The van der Waals surface area contributed by atoms with Gasteiger partial charge < -0.3 is 0 Å². The lowest BCUT2D eigenvalue weighted by molar-refractivity contribution is 0.568. The molecule has 1 aromatic carbocycles. The topological polar surface area (TPSA) is 46.2 Å². The van der Waals surface area contributed by atoms with Gasteiger partial charge in [0.15, 0.2) is 0 Å². The average Bonchev–Trinajstić information content (AvgIpc) is 2.16. The van der Waals surface area contributed by atoms with Crippen molar-refractivity contribution in [3.8, 4) is 0 Å². The van der Waals surface area contributed by atoms with Gasteiger partial charge >= 0.3 is 0 Å². The predicted molar refractivity (Wildman–Crippen MR) is 67.5 cm³/mol. The SMILES string of the molecule is C[C@@H](NS(=O)(=O)CCCl)c1cccc(Cl)c1. The Balaban J connectivity index is 2.76. The summed E-state index contributed by atoms with van der Waals surface area (Å²) in [6, 6.07) is 6.76. The van der Waals surface area contributed by atoms with Gasteiger partial charge in [-0.2, -0.15) is 0 Å². The van der Waals surface area contributed by atoms with Gasteiger partial charge in [-0.05, 0) is 24.6 Å². The van der Waals surface area contributed by atoms with Crippen LogP contribution in [0, 0.1) is 0 Å². The molecule has 16 heavy (non-hydrogen) atoms. The molecule has 0 aromatic heterocycles. The largest absolute Gasteiger partial charge is 0.213 e. The zero-order valence-corrected chi connectivity index (χ0v) is 11.1. The summed E-state index contributed by atoms with van der Waals surface area (Å²) in [6.07, 6.45) is 0. The zero-order valence-electron chi connectivity index (χ0n) is 8.78. The van der Waals surface area contributed by atoms with Crippen molar-refractivity contribution in [2.24, 2.45) is 0 Å². The van der Waals surface area contributed by atoms with E-state index in [2.05, 4.69) is 4.72 Å². The van der Waals surface area contributed by atoms with Crippen molar-refractivity contribution >= 4 is 33.2 Å². The van der Waals surface area contributed by atoms with Crippen LogP contribution in [0.15, 0.2) is 24.3 Å². The number of halogens is 2. The van der Waals surface area contributed by atoms with Crippen molar-refractivity contribution in [1.29, 1.82) is 0 Å². The van der Waals surface area contributed by atoms with Gasteiger partial charge in [0.25, 0.3) is 0 Å². The highest BCUT2D eigenvalue weighted by molar-refractivity contribution is 7.89. The first-order valence-corrected chi connectivity index (χ1v) is 7.32. The molecule has 0 bridgehead atoms. The van der Waals surface area contributed by atoms with Crippen molar-refractivity contribution in [2.75, 3.05) is 11.6 Å². The van der Waals surface area contributed by atoms with E-state index in [0.717, 1.165) is 5.56 Å². The van der Waals surface area contributed by atoms with Crippen molar-refractivity contribution in [3.05, 3.63) is 34.9 Å². The van der Waals surface area contributed by atoms with Gasteiger partial charge in [0.2, 0.25) is 10.0 Å². The first-order valence-electron chi connectivity index (χ1n) is 4.76. The number of hydrogen-bond donors (Lipinski definition) is 1. The van der Waals surface area contributed by atoms with Gasteiger partial charge in [-0.15, -0.1) is 11.6 Å². The van der Waals surface area contributed by atoms with Crippen LogP contribution in [0.1, 0.15) is 18.5 Å². The van der Waals surface area contributed by atoms with E-state index in [-0.39, 0.29) is 17.7 Å². The van der Waals surface area contributed by atoms with Gasteiger partial charge in [0.05, 0.1) is 5.75 Å². The third-order valence-electron chi connectivity index (χ3n) is 2.05. The summed E-state index contributed by atoms with van der Waals surface area (Å²) in [4.78, 5) is 0. The quantitative estimate of drug-likeness (QED) is 0.844. The highest BCUT2D eigenvalue weighted by Gasteiger charge is 2.15. The monoisotopic (exact) mass is 281 g/mol. The Bertz CT molecular complexity index is 448. The van der Waals surface area contributed by atoms with Crippen LogP contribution in [-0.2, 0) is 10.0 Å². The zero-order chi connectivity index (χ0) is 12.2. The summed E-state index contributed by atoms with van der Waals surface area (Å²) in [7, 11) is -3.32. The minimum atomic E-state index is -3.32. The summed E-state index contributed by atoms with van der Waals surface area (Å²) >= 11 is 11.2. The number of hydrogen-bond acceptors (Lipinski definition) is 2. The van der Waals surface area contributed by atoms with Gasteiger partial charge in [-0.1, -0.05) is 23.7 Å². The Hall–Kier alpha value is -0.290. The van der Waals surface area contributed by atoms with Crippen LogP contribution in [0.25, 0.3) is 0 Å². The molecule has 0 unspecified atom stereocenters. The van der Waals surface area contributed by atoms with Crippen LogP contribution in [0.2, 0.25) is 5.02 Å². The number of alkyl halides is 1. The molecule has 0 amide bonds. The molecule has 0 aliphatic rings. The summed E-state index contributed by atoms with van der Waals surface area (Å²) in [5.74, 6) is -0.00292. The van der Waals surface area contributed by atoms with Crippen LogP contribution in [0.4, 0.5) is 0 Å². The normalized spacial score (nSPS) is 13.7. The molecular formula is C10H13Cl2NO2S. The van der Waals surface area contributed by atoms with Crippen LogP contribution in [0.3, 0.4) is 0 Å². The molecule has 0 saturated carbocycles. The number of rotatable bonds is 5. The molecule has 0 aliphatic heterocycles. The smallest absolute Gasteiger partial charge is 0.212 e. The van der Waals surface area contributed by atoms with Crippen molar-refractivity contribution in [2.45, 2.75) is 13.0 Å². The first-order chi connectivity index (χ1) is 7.44. The third-order valence-corrected chi connectivity index (χ3v) is 4.15. The molecule has 0 spiro atoms. The Kier molecular flexibility index (Phi) is 5.05. The Morgan fingerprint density at radius 1 is 1.44 bits per heavy atom. The standard InChI is InChI=1S/C10H13Cl2NO2S/c1-8(13-16(14,15)6-5-11)9-3-2-4-10(12)7-9/h2-4,7-8,13H,5-6H2,1H3/t8-/m1/s1. The summed E-state index contributed by atoms with van der Waals surface area (Å²) < 4.78 is 25.5. The van der Waals surface area contributed by atoms with Crippen LogP contribution in [0.5, 0.6) is 0 Å². The van der Waals surface area contributed by atoms with Crippen LogP contribution >= 0.6 is 23.2 Å². The lowest BCUT2D eigenvalue weighted by Crippen LogP contribution is -2.29. The highest BCUT2D eigenvalue weighted by atomic mass is 35.5. The molecule has 90 valence electrons. The van der Waals surface area contributed by atoms with Crippen molar-refractivity contribution in [3.63, 3.8) is 0 Å². The van der Waals surface area contributed by atoms with E-state index in [1.165, 1.54) is 0 Å². The molecule has 1 atom stereocenters. The van der Waals surface area contributed by atoms with Crippen molar-refractivity contribution in [1.82, 2.24) is 4.72 Å². The second kappa shape index (κ2) is 5.87. The maximum Gasteiger partial charge on any atom is 0.213 e. The molecule has 0 saturated heterocycles. The Morgan fingerprint density at radius 2 is 2.12 bits per heavy atom. The molecular weight excluding hydrogens is 269 g/mol. The summed E-state index contributed by atoms with van der Waals surface area (Å²) in [5.41, 5.74) is 0.825. The Morgan fingerprint density at radius 3 is 2.69 bits per heavy atom. The predicted octanol–water partition coefficient (Wildman–Crippen LogP) is 2.56. The second-order valence-electron chi connectivity index (χ2n) is 3.40. The molecule has 1 aromatic rings. The van der Waals surface area contributed by atoms with Crippen LogP contribution < -0.4 is 4.72 Å². The molecule has 3 nitrogen and oxygen atoms in total. The van der Waals surface area contributed by atoms with Gasteiger partial charge in [0.1, 0.15) is 0 Å². The third kappa shape index (κ3) is 4.29. The fourth-order valence-electron chi connectivity index (χ4n) is 1.27. The highest BCUT2D eigenvalue weighted by Crippen LogP contribution is 2.17. The van der Waals surface area contributed by atoms with Gasteiger partial charge in [0, 0.05) is 16.9 Å². The maximum absolute atomic E-state index is 11.5. The summed E-state index contributed by atoms with van der Waals surface area (Å²) in [6.45, 7) is 1.76. The average molecular weight is 282 g/mol. The van der Waals surface area contributed by atoms with E-state index in [1.54, 1.807) is 25.1 Å². The van der Waals surface area contributed by atoms with Gasteiger partial charge in [-0.25, -0.2) is 13.1 Å². The number of nitrogens with one attached hydrogen (secondary N) is 1. The minimum absolute atomic E-state index is 0.0810. The molecule has 6 heteroatoms. The van der Waals surface area contributed by atoms with Crippen molar-refractivity contribution < 1.29 is 8.42 Å². The van der Waals surface area contributed by atoms with E-state index in [1.807, 2.05) is 6.07 Å². The fraction of sp³-hybridized carbons (Fsp3) is 0.400. The first kappa shape index (κ1) is 13.8. The van der Waals surface area contributed by atoms with E-state index in [0.29, 0.717) is 5.02 Å². The molecule has 0 fully saturated rings. The number of sulfonamides is 1.